The highest BCUT2D eigenvalue weighted by molar-refractivity contribution is 6.30. The van der Waals surface area contributed by atoms with Crippen molar-refractivity contribution in [3.8, 4) is 23.1 Å². The first-order valence-electron chi connectivity index (χ1n) is 9.36. The van der Waals surface area contributed by atoms with Crippen LogP contribution in [0.3, 0.4) is 0 Å². The summed E-state index contributed by atoms with van der Waals surface area (Å²) >= 11 is 6.03. The molecule has 2 fully saturated rings. The lowest BCUT2D eigenvalue weighted by atomic mass is 10.0. The van der Waals surface area contributed by atoms with Gasteiger partial charge in [0.1, 0.15) is 11.2 Å². The number of halogens is 2. The highest BCUT2D eigenvalue weighted by Gasteiger charge is 2.65. The van der Waals surface area contributed by atoms with Gasteiger partial charge in [-0.3, -0.25) is 14.0 Å². The predicted octanol–water partition coefficient (Wildman–Crippen LogP) is 2.72. The van der Waals surface area contributed by atoms with Gasteiger partial charge in [-0.15, -0.1) is 0 Å². The van der Waals surface area contributed by atoms with Crippen LogP contribution in [0.1, 0.15) is 22.6 Å². The molecule has 2 N–H and O–H groups in total. The van der Waals surface area contributed by atoms with E-state index in [-0.39, 0.29) is 28.9 Å². The Balaban J connectivity index is 1.60. The third-order valence-corrected chi connectivity index (χ3v) is 6.02. The van der Waals surface area contributed by atoms with Crippen LogP contribution in [0, 0.1) is 29.0 Å². The molecule has 1 unspecified atom stereocenters. The highest BCUT2D eigenvalue weighted by Crippen LogP contribution is 2.57. The lowest BCUT2D eigenvalue weighted by molar-refractivity contribution is -0.130. The normalized spacial score (nSPS) is 22.0. The summed E-state index contributed by atoms with van der Waals surface area (Å²) in [5, 5.41) is 0.387. The molecule has 150 valence electrons. The first-order valence-corrected chi connectivity index (χ1v) is 9.74. The number of carbonyl (C=O) groups is 2. The van der Waals surface area contributed by atoms with E-state index in [0.29, 0.717) is 16.1 Å². The number of likely N-dealkylation sites (tertiary alicyclic amines) is 1. The van der Waals surface area contributed by atoms with Crippen molar-refractivity contribution in [3.05, 3.63) is 58.8 Å². The maximum Gasteiger partial charge on any atom is 0.285 e. The van der Waals surface area contributed by atoms with Crippen LogP contribution in [0.2, 0.25) is 5.02 Å². The van der Waals surface area contributed by atoms with Gasteiger partial charge < -0.3 is 10.6 Å². The van der Waals surface area contributed by atoms with E-state index in [1.807, 2.05) is 0 Å². The number of fused-ring (bicyclic) bond motifs is 2. The largest absolute Gasteiger partial charge is 0.363 e. The number of imidazole rings is 1. The third kappa shape index (κ3) is 2.68. The van der Waals surface area contributed by atoms with Gasteiger partial charge in [0.15, 0.2) is 0 Å². The van der Waals surface area contributed by atoms with Crippen molar-refractivity contribution in [1.29, 1.82) is 0 Å². The molecule has 2 atom stereocenters. The number of benzene rings is 1. The summed E-state index contributed by atoms with van der Waals surface area (Å²) in [5.41, 5.74) is 6.34. The molecule has 1 aliphatic heterocycles. The number of aromatic nitrogens is 2. The van der Waals surface area contributed by atoms with Crippen molar-refractivity contribution in [2.45, 2.75) is 6.42 Å². The fourth-order valence-electron chi connectivity index (χ4n) is 4.17. The Morgan fingerprint density at radius 3 is 2.87 bits per heavy atom. The molecule has 2 aromatic heterocycles. The van der Waals surface area contributed by atoms with Crippen LogP contribution in [0.5, 0.6) is 0 Å². The lowest BCUT2D eigenvalue weighted by Crippen LogP contribution is -2.27. The van der Waals surface area contributed by atoms with E-state index in [1.54, 1.807) is 36.2 Å². The van der Waals surface area contributed by atoms with Crippen LogP contribution in [0.15, 0.2) is 36.5 Å². The minimum Gasteiger partial charge on any atom is -0.363 e. The Labute approximate surface area is 176 Å². The summed E-state index contributed by atoms with van der Waals surface area (Å²) in [6, 6.07) is 7.71. The third-order valence-electron chi connectivity index (χ3n) is 5.80. The molecular formula is C22H16ClFN4O2. The highest BCUT2D eigenvalue weighted by atomic mass is 35.5. The van der Waals surface area contributed by atoms with E-state index in [4.69, 9.17) is 17.3 Å². The lowest BCUT2D eigenvalue weighted by Gasteiger charge is -2.11. The molecular weight excluding hydrogens is 407 g/mol. The summed E-state index contributed by atoms with van der Waals surface area (Å²) in [4.78, 5) is 30.1. The van der Waals surface area contributed by atoms with Gasteiger partial charge in [0.05, 0.1) is 16.2 Å². The minimum absolute atomic E-state index is 0.0438. The molecule has 0 radical (unpaired) electrons. The molecule has 2 aliphatic rings. The molecule has 5 rings (SSSR count). The zero-order valence-corrected chi connectivity index (χ0v) is 16.7. The van der Waals surface area contributed by atoms with Crippen LogP contribution < -0.4 is 5.73 Å². The zero-order valence-electron chi connectivity index (χ0n) is 15.9. The Kier molecular flexibility index (Phi) is 3.92. The Bertz CT molecular complexity index is 1320. The fraction of sp³-hybridized carbons (Fsp3) is 0.227. The van der Waals surface area contributed by atoms with Gasteiger partial charge in [-0.2, -0.15) is 0 Å². The smallest absolute Gasteiger partial charge is 0.285 e. The Morgan fingerprint density at radius 2 is 2.17 bits per heavy atom. The summed E-state index contributed by atoms with van der Waals surface area (Å²) in [7, 11) is 1.78. The molecule has 3 heterocycles. The van der Waals surface area contributed by atoms with Crippen LogP contribution in [0.25, 0.3) is 16.8 Å². The van der Waals surface area contributed by atoms with Crippen LogP contribution in [-0.2, 0) is 4.79 Å². The number of hydrogen-bond donors (Lipinski definition) is 1. The van der Waals surface area contributed by atoms with Gasteiger partial charge in [-0.25, -0.2) is 9.37 Å². The van der Waals surface area contributed by atoms with Crippen molar-refractivity contribution in [1.82, 2.24) is 14.3 Å². The summed E-state index contributed by atoms with van der Waals surface area (Å²) < 4.78 is 16.2. The van der Waals surface area contributed by atoms with Crippen LogP contribution >= 0.6 is 11.6 Å². The standard InChI is InChI=1S/C22H16ClFN4O2/c1-27-10-13-9-22(13,21(27)30)7-6-12-2-4-16(24)15(8-12)18-17-5-3-14(23)11-28(17)20(26-18)19(25)29/h2-5,8,11,13H,9-10H2,1H3,(H2,25,29)/t13?,22-/m0/s1. The van der Waals surface area contributed by atoms with Crippen molar-refractivity contribution in [2.75, 3.05) is 13.6 Å². The fourth-order valence-corrected chi connectivity index (χ4v) is 4.33. The second-order valence-corrected chi connectivity index (χ2v) is 8.19. The molecule has 6 nitrogen and oxygen atoms in total. The summed E-state index contributed by atoms with van der Waals surface area (Å²) in [6.45, 7) is 0.723. The van der Waals surface area contributed by atoms with E-state index in [2.05, 4.69) is 16.8 Å². The van der Waals surface area contributed by atoms with E-state index in [1.165, 1.54) is 16.7 Å². The molecule has 0 spiro atoms. The van der Waals surface area contributed by atoms with Gasteiger partial charge in [0.25, 0.3) is 5.91 Å². The molecule has 1 saturated carbocycles. The topological polar surface area (TPSA) is 80.7 Å². The first-order chi connectivity index (χ1) is 14.3. The van der Waals surface area contributed by atoms with Crippen molar-refractivity contribution in [3.63, 3.8) is 0 Å². The quantitative estimate of drug-likeness (QED) is 0.645. The summed E-state index contributed by atoms with van der Waals surface area (Å²) in [6.07, 6.45) is 2.27. The molecule has 1 saturated heterocycles. The second-order valence-electron chi connectivity index (χ2n) is 7.75. The van der Waals surface area contributed by atoms with Crippen molar-refractivity contribution < 1.29 is 14.0 Å². The molecule has 8 heteroatoms. The average Bonchev–Trinajstić information content (AvgIpc) is 3.18. The van der Waals surface area contributed by atoms with E-state index >= 15 is 0 Å². The Hall–Kier alpha value is -3.37. The second kappa shape index (κ2) is 6.31. The molecule has 1 aromatic carbocycles. The van der Waals surface area contributed by atoms with E-state index in [9.17, 15) is 14.0 Å². The van der Waals surface area contributed by atoms with Gasteiger partial charge in [0.2, 0.25) is 11.7 Å². The molecule has 1 aliphatic carbocycles. The number of carbonyl (C=O) groups excluding carboxylic acids is 2. The van der Waals surface area contributed by atoms with Crippen LogP contribution in [-0.4, -0.2) is 39.7 Å². The van der Waals surface area contributed by atoms with Crippen molar-refractivity contribution >= 4 is 28.9 Å². The number of amides is 2. The number of rotatable bonds is 2. The van der Waals surface area contributed by atoms with Gasteiger partial charge in [0, 0.05) is 36.8 Å². The van der Waals surface area contributed by atoms with E-state index in [0.717, 1.165) is 13.0 Å². The van der Waals surface area contributed by atoms with E-state index < -0.39 is 17.1 Å². The maximum atomic E-state index is 14.7. The van der Waals surface area contributed by atoms with Crippen molar-refractivity contribution in [2.24, 2.45) is 17.1 Å². The van der Waals surface area contributed by atoms with Gasteiger partial charge in [-0.1, -0.05) is 23.4 Å². The number of pyridine rings is 1. The SMILES string of the molecule is CN1CC2C[C@]2(C#Cc2ccc(F)c(-c3nc(C(N)=O)n4cc(Cl)ccc34)c2)C1=O. The number of nitrogens with two attached hydrogens (primary N) is 1. The predicted molar refractivity (Wildman–Crippen MR) is 109 cm³/mol. The molecule has 0 bridgehead atoms. The number of primary amides is 1. The minimum atomic E-state index is -0.752. The van der Waals surface area contributed by atoms with Gasteiger partial charge >= 0.3 is 0 Å². The van der Waals surface area contributed by atoms with Gasteiger partial charge in [-0.05, 0) is 36.8 Å². The number of piperidine rings is 1. The van der Waals surface area contributed by atoms with Crippen LogP contribution in [0.4, 0.5) is 4.39 Å². The molecule has 30 heavy (non-hydrogen) atoms. The first kappa shape index (κ1) is 18.6. The maximum absolute atomic E-state index is 14.7. The molecule has 2 amide bonds. The monoisotopic (exact) mass is 422 g/mol. The summed E-state index contributed by atoms with van der Waals surface area (Å²) in [5.74, 6) is 5.15. The zero-order chi connectivity index (χ0) is 21.2. The number of nitrogens with zero attached hydrogens (tertiary/aromatic N) is 3. The molecule has 3 aromatic rings. The Morgan fingerprint density at radius 1 is 1.37 bits per heavy atom. The number of hydrogen-bond acceptors (Lipinski definition) is 3. The average molecular weight is 423 g/mol.